The van der Waals surface area contributed by atoms with Crippen LogP contribution in [-0.2, 0) is 4.79 Å². The van der Waals surface area contributed by atoms with Gasteiger partial charge in [0.25, 0.3) is 11.1 Å². The number of imide groups is 1. The molecule has 0 spiro atoms. The number of furan rings is 1. The minimum Gasteiger partial charge on any atom is -0.401 e. The number of thioether (sulfide) groups is 1. The molecule has 1 aromatic rings. The number of rotatable bonds is 3. The van der Waals surface area contributed by atoms with Gasteiger partial charge in [0.2, 0.25) is 0 Å². The van der Waals surface area contributed by atoms with Crippen LogP contribution < -0.4 is 0 Å². The summed E-state index contributed by atoms with van der Waals surface area (Å²) in [5.74, 6) is -0.433. The minimum atomic E-state index is -0.639. The molecule has 1 aliphatic rings. The fourth-order valence-electron chi connectivity index (χ4n) is 1.32. The Hall–Kier alpha value is -2.35. The van der Waals surface area contributed by atoms with Crippen molar-refractivity contribution in [1.29, 1.82) is 0 Å². The third kappa shape index (κ3) is 2.74. The monoisotopic (exact) mass is 280 g/mol. The van der Waals surface area contributed by atoms with Crippen molar-refractivity contribution in [3.05, 3.63) is 45.1 Å². The van der Waals surface area contributed by atoms with Gasteiger partial charge in [-0.3, -0.25) is 24.6 Å². The quantitative estimate of drug-likeness (QED) is 0.479. The molecule has 0 aliphatic carbocycles. The van der Waals surface area contributed by atoms with E-state index in [9.17, 15) is 19.7 Å². The topological polar surface area (TPSA) is 93.7 Å². The van der Waals surface area contributed by atoms with Crippen LogP contribution in [0.15, 0.2) is 33.6 Å². The van der Waals surface area contributed by atoms with Crippen molar-refractivity contribution in [2.24, 2.45) is 0 Å². The van der Waals surface area contributed by atoms with Crippen LogP contribution in [0.3, 0.4) is 0 Å². The molecule has 0 unspecified atom stereocenters. The highest BCUT2D eigenvalue weighted by Gasteiger charge is 2.31. The lowest BCUT2D eigenvalue weighted by Gasteiger charge is -2.00. The molecular weight excluding hydrogens is 272 g/mol. The van der Waals surface area contributed by atoms with Crippen LogP contribution in [0.2, 0.25) is 0 Å². The second-order valence-electron chi connectivity index (χ2n) is 3.56. The van der Waals surface area contributed by atoms with Gasteiger partial charge >= 0.3 is 5.88 Å². The third-order valence-corrected chi connectivity index (χ3v) is 3.27. The molecule has 2 heterocycles. The van der Waals surface area contributed by atoms with Crippen molar-refractivity contribution < 1.29 is 18.9 Å². The average Bonchev–Trinajstić information content (AvgIpc) is 2.92. The number of carbonyl (C=O) groups is 2. The molecule has 2 rings (SSSR count). The Balaban J connectivity index is 2.09. The van der Waals surface area contributed by atoms with E-state index >= 15 is 0 Å². The fourth-order valence-corrected chi connectivity index (χ4v) is 2.10. The zero-order valence-electron chi connectivity index (χ0n) is 9.73. The van der Waals surface area contributed by atoms with Gasteiger partial charge in [0.1, 0.15) is 10.7 Å². The summed E-state index contributed by atoms with van der Waals surface area (Å²) in [6.45, 7) is 0. The van der Waals surface area contributed by atoms with E-state index in [4.69, 9.17) is 4.42 Å². The van der Waals surface area contributed by atoms with Crippen LogP contribution in [0.25, 0.3) is 6.08 Å². The highest BCUT2D eigenvalue weighted by Crippen LogP contribution is 2.29. The number of likely N-dealkylation sites (N-methyl/N-ethyl adjacent to an activating group) is 1. The molecule has 1 fully saturated rings. The molecule has 8 heteroatoms. The first-order chi connectivity index (χ1) is 8.99. The molecule has 0 N–H and O–H groups in total. The molecule has 0 radical (unpaired) electrons. The fraction of sp³-hybridized carbons (Fsp3) is 0.0909. The van der Waals surface area contributed by atoms with E-state index in [1.54, 1.807) is 0 Å². The standard InChI is InChI=1S/C11H8N2O5S/c1-12-10(14)8(19-11(12)15)4-2-3-7-5-6-9(18-7)13(16)17/h2-6H,1H3/b3-2+,8-4+. The lowest BCUT2D eigenvalue weighted by molar-refractivity contribution is -0.402. The SMILES string of the molecule is CN1C(=O)S/C(=C/C=C/c2ccc([N+](=O)[O-])o2)C1=O. The summed E-state index contributed by atoms with van der Waals surface area (Å²) in [5.41, 5.74) is 0. The number of hydrogen-bond acceptors (Lipinski definition) is 6. The molecule has 19 heavy (non-hydrogen) atoms. The average molecular weight is 280 g/mol. The molecule has 0 bridgehead atoms. The normalized spacial score (nSPS) is 17.9. The van der Waals surface area contributed by atoms with Crippen molar-refractivity contribution in [1.82, 2.24) is 4.90 Å². The third-order valence-electron chi connectivity index (χ3n) is 2.29. The van der Waals surface area contributed by atoms with E-state index in [0.29, 0.717) is 10.7 Å². The first kappa shape index (κ1) is 13.1. The van der Waals surface area contributed by atoms with Crippen molar-refractivity contribution in [3.8, 4) is 0 Å². The van der Waals surface area contributed by atoms with Crippen LogP contribution in [0, 0.1) is 10.1 Å². The molecule has 7 nitrogen and oxygen atoms in total. The lowest BCUT2D eigenvalue weighted by Crippen LogP contribution is -2.22. The molecule has 1 aromatic heterocycles. The summed E-state index contributed by atoms with van der Waals surface area (Å²) in [6, 6.07) is 2.67. The molecule has 1 aliphatic heterocycles. The van der Waals surface area contributed by atoms with Crippen LogP contribution >= 0.6 is 11.8 Å². The van der Waals surface area contributed by atoms with Crippen LogP contribution in [-0.4, -0.2) is 28.0 Å². The molecule has 1 saturated heterocycles. The summed E-state index contributed by atoms with van der Waals surface area (Å²) < 4.78 is 4.89. The van der Waals surface area contributed by atoms with Crippen LogP contribution in [0.4, 0.5) is 10.7 Å². The smallest absolute Gasteiger partial charge is 0.401 e. The van der Waals surface area contributed by atoms with Gasteiger partial charge < -0.3 is 4.42 Å². The van der Waals surface area contributed by atoms with E-state index in [-0.39, 0.29) is 17.0 Å². The lowest BCUT2D eigenvalue weighted by atomic mass is 10.3. The molecule has 2 amide bonds. The van der Waals surface area contributed by atoms with Gasteiger partial charge in [0, 0.05) is 7.05 Å². The van der Waals surface area contributed by atoms with Gasteiger partial charge in [-0.1, -0.05) is 6.08 Å². The maximum atomic E-state index is 11.5. The van der Waals surface area contributed by atoms with Gasteiger partial charge in [-0.2, -0.15) is 0 Å². The summed E-state index contributed by atoms with van der Waals surface area (Å²) in [7, 11) is 1.40. The predicted molar refractivity (Wildman–Crippen MR) is 68.2 cm³/mol. The number of allylic oxidation sites excluding steroid dienone is 2. The second-order valence-corrected chi connectivity index (χ2v) is 4.55. The maximum Gasteiger partial charge on any atom is 0.433 e. The minimum absolute atomic E-state index is 0.290. The number of carbonyl (C=O) groups excluding carboxylic acids is 2. The van der Waals surface area contributed by atoms with Crippen molar-refractivity contribution in [3.63, 3.8) is 0 Å². The number of amides is 2. The Morgan fingerprint density at radius 1 is 1.42 bits per heavy atom. The van der Waals surface area contributed by atoms with Gasteiger partial charge in [-0.25, -0.2) is 0 Å². The largest absolute Gasteiger partial charge is 0.433 e. The Bertz CT molecular complexity index is 616. The highest BCUT2D eigenvalue weighted by atomic mass is 32.2. The summed E-state index contributed by atoms with van der Waals surface area (Å²) in [4.78, 5) is 33.8. The molecule has 0 saturated carbocycles. The van der Waals surface area contributed by atoms with E-state index in [1.807, 2.05) is 0 Å². The highest BCUT2D eigenvalue weighted by molar-refractivity contribution is 8.18. The zero-order valence-corrected chi connectivity index (χ0v) is 10.5. The summed E-state index contributed by atoms with van der Waals surface area (Å²) in [6.07, 6.45) is 4.43. The molecular formula is C11H8N2O5S. The number of nitro groups is 1. The van der Waals surface area contributed by atoms with Gasteiger partial charge in [0.05, 0.1) is 11.0 Å². The van der Waals surface area contributed by atoms with Crippen LogP contribution in [0.5, 0.6) is 0 Å². The van der Waals surface area contributed by atoms with Crippen molar-refractivity contribution in [2.45, 2.75) is 0 Å². The van der Waals surface area contributed by atoms with E-state index < -0.39 is 4.92 Å². The number of hydrogen-bond donors (Lipinski definition) is 0. The first-order valence-electron chi connectivity index (χ1n) is 5.11. The predicted octanol–water partition coefficient (Wildman–Crippen LogP) is 2.41. The van der Waals surface area contributed by atoms with Gasteiger partial charge in [-0.05, 0) is 30.0 Å². The zero-order chi connectivity index (χ0) is 14.0. The second kappa shape index (κ2) is 5.11. The maximum absolute atomic E-state index is 11.5. The summed E-state index contributed by atoms with van der Waals surface area (Å²) >= 11 is 0.835. The van der Waals surface area contributed by atoms with Crippen molar-refractivity contribution >= 4 is 34.9 Å². The number of nitrogens with zero attached hydrogens (tertiary/aromatic N) is 2. The first-order valence-corrected chi connectivity index (χ1v) is 5.93. The molecule has 0 atom stereocenters. The van der Waals surface area contributed by atoms with Gasteiger partial charge in [-0.15, -0.1) is 0 Å². The van der Waals surface area contributed by atoms with E-state index in [1.165, 1.54) is 37.4 Å². The van der Waals surface area contributed by atoms with Crippen molar-refractivity contribution in [2.75, 3.05) is 7.05 Å². The Morgan fingerprint density at radius 2 is 2.16 bits per heavy atom. The molecule has 98 valence electrons. The van der Waals surface area contributed by atoms with E-state index in [0.717, 1.165) is 16.7 Å². The molecule has 0 aromatic carbocycles. The Morgan fingerprint density at radius 3 is 2.68 bits per heavy atom. The Kier molecular flexibility index (Phi) is 3.52. The van der Waals surface area contributed by atoms with Gasteiger partial charge in [0.15, 0.2) is 0 Å². The van der Waals surface area contributed by atoms with E-state index in [2.05, 4.69) is 0 Å². The van der Waals surface area contributed by atoms with Crippen LogP contribution in [0.1, 0.15) is 5.76 Å². The Labute approximate surface area is 111 Å². The summed E-state index contributed by atoms with van der Waals surface area (Å²) in [5, 5.41) is 10.1.